The highest BCUT2D eigenvalue weighted by molar-refractivity contribution is 5.08. The van der Waals surface area contributed by atoms with Crippen LogP contribution in [0, 0.1) is 11.8 Å². The molecule has 12 heavy (non-hydrogen) atoms. The number of hydrogen-bond acceptors (Lipinski definition) is 1. The maximum Gasteiger partial charge on any atom is 0.0683 e. The molecule has 2 aliphatic carbocycles. The van der Waals surface area contributed by atoms with Crippen LogP contribution >= 0.6 is 0 Å². The standard InChI is InChI=1S/C11H18O/c1-2-3-5-9-6-4-7-11(12)8-10(9)11/h2,9-10,12H,1,3-8H2/t9?,10-,11+/m0/s1. The highest BCUT2D eigenvalue weighted by Gasteiger charge is 2.57. The Morgan fingerprint density at radius 1 is 1.58 bits per heavy atom. The van der Waals surface area contributed by atoms with Gasteiger partial charge in [-0.3, -0.25) is 0 Å². The molecule has 2 aliphatic rings. The maximum atomic E-state index is 9.89. The molecule has 0 aromatic heterocycles. The molecule has 0 aliphatic heterocycles. The third-order valence-electron chi connectivity index (χ3n) is 3.60. The molecule has 0 aromatic rings. The summed E-state index contributed by atoms with van der Waals surface area (Å²) in [4.78, 5) is 0. The van der Waals surface area contributed by atoms with Gasteiger partial charge in [-0.2, -0.15) is 0 Å². The van der Waals surface area contributed by atoms with E-state index in [1.165, 1.54) is 19.3 Å². The molecule has 1 nitrogen and oxygen atoms in total. The van der Waals surface area contributed by atoms with Crippen LogP contribution in [0.2, 0.25) is 0 Å². The van der Waals surface area contributed by atoms with Gasteiger partial charge in [-0.25, -0.2) is 0 Å². The van der Waals surface area contributed by atoms with E-state index < -0.39 is 0 Å². The van der Waals surface area contributed by atoms with Gasteiger partial charge in [0.1, 0.15) is 0 Å². The van der Waals surface area contributed by atoms with Gasteiger partial charge in [0, 0.05) is 0 Å². The van der Waals surface area contributed by atoms with Gasteiger partial charge in [-0.15, -0.1) is 6.58 Å². The van der Waals surface area contributed by atoms with Gasteiger partial charge in [-0.05, 0) is 43.9 Å². The van der Waals surface area contributed by atoms with Crippen LogP contribution in [0.25, 0.3) is 0 Å². The predicted molar refractivity (Wildman–Crippen MR) is 49.8 cm³/mol. The molecule has 0 bridgehead atoms. The van der Waals surface area contributed by atoms with Crippen molar-refractivity contribution in [3.8, 4) is 0 Å². The summed E-state index contributed by atoms with van der Waals surface area (Å²) in [5, 5.41) is 9.89. The molecule has 0 heterocycles. The number of fused-ring (bicyclic) bond motifs is 1. The lowest BCUT2D eigenvalue weighted by Crippen LogP contribution is -2.21. The van der Waals surface area contributed by atoms with Crippen molar-refractivity contribution in [3.63, 3.8) is 0 Å². The fourth-order valence-electron chi connectivity index (χ4n) is 2.76. The van der Waals surface area contributed by atoms with Crippen molar-refractivity contribution in [2.45, 2.75) is 44.1 Å². The van der Waals surface area contributed by atoms with E-state index in [1.807, 2.05) is 6.08 Å². The van der Waals surface area contributed by atoms with Gasteiger partial charge < -0.3 is 5.11 Å². The molecule has 2 rings (SSSR count). The Bertz CT molecular complexity index is 187. The van der Waals surface area contributed by atoms with Crippen LogP contribution in [0.3, 0.4) is 0 Å². The molecule has 1 heteroatoms. The zero-order chi connectivity index (χ0) is 8.60. The number of allylic oxidation sites excluding steroid dienone is 1. The molecule has 0 amide bonds. The summed E-state index contributed by atoms with van der Waals surface area (Å²) < 4.78 is 0. The van der Waals surface area contributed by atoms with Crippen molar-refractivity contribution >= 4 is 0 Å². The van der Waals surface area contributed by atoms with Crippen LogP contribution in [0.1, 0.15) is 38.5 Å². The first kappa shape index (κ1) is 8.31. The zero-order valence-corrected chi connectivity index (χ0v) is 7.63. The third kappa shape index (κ3) is 1.31. The Morgan fingerprint density at radius 2 is 2.42 bits per heavy atom. The lowest BCUT2D eigenvalue weighted by molar-refractivity contribution is 0.0784. The van der Waals surface area contributed by atoms with Crippen molar-refractivity contribution in [1.29, 1.82) is 0 Å². The molecular formula is C11H18O. The van der Waals surface area contributed by atoms with E-state index in [2.05, 4.69) is 6.58 Å². The van der Waals surface area contributed by atoms with Crippen LogP contribution in [-0.2, 0) is 0 Å². The first-order valence-electron chi connectivity index (χ1n) is 5.09. The third-order valence-corrected chi connectivity index (χ3v) is 3.60. The number of aliphatic hydroxyl groups is 1. The van der Waals surface area contributed by atoms with Crippen molar-refractivity contribution in [2.24, 2.45) is 11.8 Å². The van der Waals surface area contributed by atoms with E-state index in [0.29, 0.717) is 5.92 Å². The van der Waals surface area contributed by atoms with Gasteiger partial charge >= 0.3 is 0 Å². The van der Waals surface area contributed by atoms with Crippen LogP contribution in [0.15, 0.2) is 12.7 Å². The largest absolute Gasteiger partial charge is 0.390 e. The molecule has 0 radical (unpaired) electrons. The molecule has 1 unspecified atom stereocenters. The van der Waals surface area contributed by atoms with Gasteiger partial charge in [0.15, 0.2) is 0 Å². The molecule has 68 valence electrons. The van der Waals surface area contributed by atoms with E-state index in [4.69, 9.17) is 0 Å². The van der Waals surface area contributed by atoms with Gasteiger partial charge in [0.05, 0.1) is 5.60 Å². The summed E-state index contributed by atoms with van der Waals surface area (Å²) in [6.45, 7) is 3.74. The number of hydrogen-bond donors (Lipinski definition) is 1. The molecule has 0 spiro atoms. The van der Waals surface area contributed by atoms with Gasteiger partial charge in [-0.1, -0.05) is 12.5 Å². The first-order chi connectivity index (χ1) is 5.76. The molecule has 2 saturated carbocycles. The monoisotopic (exact) mass is 166 g/mol. The molecule has 1 N–H and O–H groups in total. The summed E-state index contributed by atoms with van der Waals surface area (Å²) >= 11 is 0. The summed E-state index contributed by atoms with van der Waals surface area (Å²) in [5.74, 6) is 1.44. The van der Waals surface area contributed by atoms with Gasteiger partial charge in [0.25, 0.3) is 0 Å². The Kier molecular flexibility index (Phi) is 1.99. The number of rotatable bonds is 3. The van der Waals surface area contributed by atoms with Crippen LogP contribution in [0.5, 0.6) is 0 Å². The highest BCUT2D eigenvalue weighted by Crippen LogP contribution is 2.57. The zero-order valence-electron chi connectivity index (χ0n) is 7.63. The fourth-order valence-corrected chi connectivity index (χ4v) is 2.76. The summed E-state index contributed by atoms with van der Waals surface area (Å²) in [6, 6.07) is 0. The molecular weight excluding hydrogens is 148 g/mol. The molecule has 2 fully saturated rings. The van der Waals surface area contributed by atoms with Gasteiger partial charge in [0.2, 0.25) is 0 Å². The minimum Gasteiger partial charge on any atom is -0.390 e. The molecule has 3 atom stereocenters. The predicted octanol–water partition coefficient (Wildman–Crippen LogP) is 2.50. The van der Waals surface area contributed by atoms with Crippen LogP contribution in [0.4, 0.5) is 0 Å². The molecule has 0 aromatic carbocycles. The van der Waals surface area contributed by atoms with Crippen LogP contribution in [-0.4, -0.2) is 10.7 Å². The maximum absolute atomic E-state index is 9.89. The normalized spacial score (nSPS) is 45.1. The first-order valence-corrected chi connectivity index (χ1v) is 5.09. The lowest BCUT2D eigenvalue weighted by Gasteiger charge is -2.24. The Morgan fingerprint density at radius 3 is 3.17 bits per heavy atom. The van der Waals surface area contributed by atoms with Crippen LogP contribution < -0.4 is 0 Å². The van der Waals surface area contributed by atoms with Crippen molar-refractivity contribution in [2.75, 3.05) is 0 Å². The Balaban J connectivity index is 1.87. The average molecular weight is 166 g/mol. The van der Waals surface area contributed by atoms with E-state index in [9.17, 15) is 5.11 Å². The van der Waals surface area contributed by atoms with E-state index in [-0.39, 0.29) is 5.60 Å². The fraction of sp³-hybridized carbons (Fsp3) is 0.818. The van der Waals surface area contributed by atoms with E-state index >= 15 is 0 Å². The summed E-state index contributed by atoms with van der Waals surface area (Å²) in [7, 11) is 0. The summed E-state index contributed by atoms with van der Waals surface area (Å²) in [5.41, 5.74) is -0.218. The smallest absolute Gasteiger partial charge is 0.0683 e. The van der Waals surface area contributed by atoms with E-state index in [0.717, 1.165) is 25.2 Å². The second-order valence-corrected chi connectivity index (χ2v) is 4.43. The van der Waals surface area contributed by atoms with E-state index in [1.54, 1.807) is 0 Å². The SMILES string of the molecule is C=CCCC1CCC[C@@]2(O)C[C@@H]12. The lowest BCUT2D eigenvalue weighted by atomic mass is 9.84. The van der Waals surface area contributed by atoms with Crippen molar-refractivity contribution in [1.82, 2.24) is 0 Å². The minimum atomic E-state index is -0.218. The quantitative estimate of drug-likeness (QED) is 0.639. The Labute approximate surface area is 74.5 Å². The second-order valence-electron chi connectivity index (χ2n) is 4.43. The molecule has 0 saturated heterocycles. The summed E-state index contributed by atoms with van der Waals surface area (Å²) in [6.07, 6.45) is 9.07. The minimum absolute atomic E-state index is 0.218. The van der Waals surface area contributed by atoms with Crippen molar-refractivity contribution in [3.05, 3.63) is 12.7 Å². The highest BCUT2D eigenvalue weighted by atomic mass is 16.3. The Hall–Kier alpha value is -0.300. The average Bonchev–Trinajstić information content (AvgIpc) is 2.73. The topological polar surface area (TPSA) is 20.2 Å². The second kappa shape index (κ2) is 2.88. The van der Waals surface area contributed by atoms with Crippen molar-refractivity contribution < 1.29 is 5.11 Å².